The van der Waals surface area contributed by atoms with E-state index in [1.54, 1.807) is 20.8 Å². The Balaban J connectivity index is 0.000000231. The van der Waals surface area contributed by atoms with Crippen molar-refractivity contribution in [3.63, 3.8) is 0 Å². The van der Waals surface area contributed by atoms with Crippen LogP contribution in [-0.4, -0.2) is 46.7 Å². The van der Waals surface area contributed by atoms with Crippen molar-refractivity contribution in [1.29, 1.82) is 0 Å². The third-order valence-electron chi connectivity index (χ3n) is 8.98. The number of hydrogen-bond donors (Lipinski definition) is 3. The number of nitrogens with zero attached hydrogens (tertiary/aromatic N) is 3. The van der Waals surface area contributed by atoms with E-state index < -0.39 is 16.2 Å². The summed E-state index contributed by atoms with van der Waals surface area (Å²) in [6, 6.07) is 27.7. The summed E-state index contributed by atoms with van der Waals surface area (Å²) in [6.45, 7) is 21.6. The first-order valence-corrected chi connectivity index (χ1v) is 18.7. The molecule has 0 saturated heterocycles. The topological polar surface area (TPSA) is 165 Å². The second kappa shape index (κ2) is 18.7. The summed E-state index contributed by atoms with van der Waals surface area (Å²) >= 11 is 0. The molecule has 0 aliphatic heterocycles. The number of benzene rings is 3. The van der Waals surface area contributed by atoms with Crippen LogP contribution >= 0.6 is 0 Å². The Labute approximate surface area is 370 Å². The molecule has 13 heteroatoms. The van der Waals surface area contributed by atoms with Gasteiger partial charge in [-0.25, -0.2) is 14.0 Å². The number of aryl methyl sites for hydroxylation is 3. The zero-order valence-corrected chi connectivity index (χ0v) is 37.6. The molecule has 0 unspecified atom stereocenters. The molecule has 0 spiro atoms. The fourth-order valence-corrected chi connectivity index (χ4v) is 5.84. The molecule has 0 atom stereocenters. The van der Waals surface area contributed by atoms with E-state index in [4.69, 9.17) is 0 Å². The molecule has 3 heterocycles. The minimum atomic E-state index is -0.569. The molecule has 12 nitrogen and oxygen atoms in total. The molecule has 3 aromatic heterocycles. The summed E-state index contributed by atoms with van der Waals surface area (Å²) in [5, 5.41) is 8.90. The van der Waals surface area contributed by atoms with E-state index in [9.17, 15) is 28.8 Å². The van der Waals surface area contributed by atoms with E-state index >= 15 is 0 Å². The SMILES string of the molecule is Cc1[nH]n(-c2ccccc2)c(=O)c1C(=O)C(C)(C)C.Cc1[nH]n(-c2ccccc2)c(=O)c1C(=O)C(C)(C)C.Cc1[nH]n(-c2ccccc2)c(=O)c1C(=O)C(C)(C)C.[Gd]. The smallest absolute Gasteiger partial charge is 0.282 e. The number of hydrogen-bond acceptors (Lipinski definition) is 6. The minimum Gasteiger partial charge on any atom is -0.295 e. The van der Waals surface area contributed by atoms with E-state index in [0.717, 1.165) is 17.1 Å². The van der Waals surface area contributed by atoms with Gasteiger partial charge in [-0.1, -0.05) is 117 Å². The van der Waals surface area contributed by atoms with Gasteiger partial charge in [-0.05, 0) is 57.2 Å². The quantitative estimate of drug-likeness (QED) is 0.143. The van der Waals surface area contributed by atoms with Crippen molar-refractivity contribution in [2.45, 2.75) is 83.1 Å². The third-order valence-corrected chi connectivity index (χ3v) is 8.98. The predicted molar refractivity (Wildman–Crippen MR) is 225 cm³/mol. The Hall–Kier alpha value is -4.98. The Kier molecular flexibility index (Phi) is 15.3. The van der Waals surface area contributed by atoms with Crippen LogP contribution in [0.5, 0.6) is 0 Å². The average Bonchev–Trinajstić information content (AvgIpc) is 3.74. The van der Waals surface area contributed by atoms with E-state index in [1.165, 1.54) is 14.0 Å². The van der Waals surface area contributed by atoms with Gasteiger partial charge in [0, 0.05) is 73.3 Å². The zero-order chi connectivity index (χ0) is 42.6. The van der Waals surface area contributed by atoms with Crippen LogP contribution in [0.2, 0.25) is 0 Å². The van der Waals surface area contributed by atoms with Crippen LogP contribution in [0.1, 0.15) is 110 Å². The summed E-state index contributed by atoms with van der Waals surface area (Å²) in [6.07, 6.45) is 0. The van der Waals surface area contributed by atoms with Crippen molar-refractivity contribution in [2.75, 3.05) is 0 Å². The summed E-state index contributed by atoms with van der Waals surface area (Å²) in [4.78, 5) is 74.1. The molecule has 0 saturated carbocycles. The van der Waals surface area contributed by atoms with E-state index in [2.05, 4.69) is 15.3 Å². The van der Waals surface area contributed by atoms with Gasteiger partial charge in [0.25, 0.3) is 16.7 Å². The van der Waals surface area contributed by atoms with Crippen molar-refractivity contribution in [1.82, 2.24) is 29.3 Å². The maximum absolute atomic E-state index is 12.4. The fraction of sp³-hybridized carbons (Fsp3) is 0.333. The standard InChI is InChI=1S/3C15H18N2O2.Gd/c3*1-10-12(13(18)15(2,3)4)14(19)17(16-10)11-8-6-5-7-9-11;/h3*5-9,16H,1-4H3;. The Morgan fingerprint density at radius 2 is 0.586 bits per heavy atom. The maximum atomic E-state index is 12.4. The van der Waals surface area contributed by atoms with Crippen LogP contribution in [0.15, 0.2) is 105 Å². The molecule has 6 rings (SSSR count). The van der Waals surface area contributed by atoms with Crippen molar-refractivity contribution in [3.05, 3.63) is 156 Å². The molecule has 58 heavy (non-hydrogen) atoms. The van der Waals surface area contributed by atoms with Crippen LogP contribution in [0.3, 0.4) is 0 Å². The van der Waals surface area contributed by atoms with E-state index in [-0.39, 0.29) is 90.7 Å². The summed E-state index contributed by atoms with van der Waals surface area (Å²) in [5.74, 6) is -0.414. The molecule has 0 aliphatic rings. The van der Waals surface area contributed by atoms with Crippen molar-refractivity contribution in [3.8, 4) is 17.1 Å². The van der Waals surface area contributed by atoms with E-state index in [0.29, 0.717) is 17.1 Å². The fourth-order valence-electron chi connectivity index (χ4n) is 5.84. The molecule has 3 N–H and O–H groups in total. The molecule has 308 valence electrons. The number of rotatable bonds is 6. The van der Waals surface area contributed by atoms with Gasteiger partial charge in [0.2, 0.25) is 0 Å². The van der Waals surface area contributed by atoms with Gasteiger partial charge < -0.3 is 0 Å². The van der Waals surface area contributed by atoms with Gasteiger partial charge in [-0.2, -0.15) is 0 Å². The number of aromatic nitrogens is 6. The number of ketones is 3. The van der Waals surface area contributed by atoms with Gasteiger partial charge >= 0.3 is 0 Å². The minimum absolute atomic E-state index is 0. The first kappa shape index (κ1) is 47.4. The van der Waals surface area contributed by atoms with Crippen LogP contribution < -0.4 is 16.7 Å². The summed E-state index contributed by atoms with van der Waals surface area (Å²) in [5.41, 5.74) is 2.16. The van der Waals surface area contributed by atoms with Crippen molar-refractivity contribution < 1.29 is 54.3 Å². The second-order valence-corrected chi connectivity index (χ2v) is 17.0. The van der Waals surface area contributed by atoms with Crippen molar-refractivity contribution >= 4 is 17.3 Å². The largest absolute Gasteiger partial charge is 0.295 e. The summed E-state index contributed by atoms with van der Waals surface area (Å²) in [7, 11) is 0. The molecule has 0 bridgehead atoms. The Bertz CT molecular complexity index is 2270. The average molecular weight is 932 g/mol. The first-order chi connectivity index (χ1) is 26.5. The zero-order valence-electron chi connectivity index (χ0n) is 35.3. The number of para-hydroxylation sites is 3. The monoisotopic (exact) mass is 932 g/mol. The van der Waals surface area contributed by atoms with Crippen LogP contribution in [0, 0.1) is 77.0 Å². The van der Waals surface area contributed by atoms with Crippen LogP contribution in [0.25, 0.3) is 17.1 Å². The van der Waals surface area contributed by atoms with Crippen molar-refractivity contribution in [2.24, 2.45) is 16.2 Å². The predicted octanol–water partition coefficient (Wildman–Crippen LogP) is 8.11. The molecule has 0 aliphatic carbocycles. The summed E-state index contributed by atoms with van der Waals surface area (Å²) < 4.78 is 4.23. The number of aromatic amines is 3. The molecule has 6 aromatic rings. The molecule has 0 amide bonds. The molecular weight excluding hydrogens is 878 g/mol. The third kappa shape index (κ3) is 10.7. The van der Waals surface area contributed by atoms with Crippen LogP contribution in [-0.2, 0) is 0 Å². The Morgan fingerprint density at radius 1 is 0.397 bits per heavy atom. The normalized spacial score (nSPS) is 11.4. The number of Topliss-reactive ketones (excluding diaryl/α,β-unsaturated/α-hetero) is 3. The number of H-pyrrole nitrogens is 3. The Morgan fingerprint density at radius 3 is 0.759 bits per heavy atom. The van der Waals surface area contributed by atoms with Gasteiger partial charge in [0.05, 0.1) is 17.1 Å². The van der Waals surface area contributed by atoms with Gasteiger partial charge in [-0.3, -0.25) is 44.1 Å². The number of nitrogens with one attached hydrogen (secondary N) is 3. The first-order valence-electron chi connectivity index (χ1n) is 18.7. The number of carbonyl (C=O) groups is 3. The second-order valence-electron chi connectivity index (χ2n) is 17.0. The van der Waals surface area contributed by atoms with Gasteiger partial charge in [-0.15, -0.1) is 0 Å². The molecule has 3 aromatic carbocycles. The number of carbonyl (C=O) groups excluding carboxylic acids is 3. The maximum Gasteiger partial charge on any atom is 0.282 e. The van der Waals surface area contributed by atoms with E-state index in [1.807, 2.05) is 153 Å². The van der Waals surface area contributed by atoms with Gasteiger partial charge in [0.15, 0.2) is 17.3 Å². The van der Waals surface area contributed by atoms with Crippen LogP contribution in [0.4, 0.5) is 0 Å². The van der Waals surface area contributed by atoms with Gasteiger partial charge in [0.1, 0.15) is 16.7 Å². The molecule has 0 fully saturated rings. The molecular formula is C45H54GdN6O6. The molecule has 0 radical (unpaired) electrons.